The van der Waals surface area contributed by atoms with Crippen LogP contribution < -0.4 is 0 Å². The highest BCUT2D eigenvalue weighted by Crippen LogP contribution is 2.66. The van der Waals surface area contributed by atoms with Crippen molar-refractivity contribution in [2.24, 2.45) is 22.7 Å². The number of carbonyl (C=O) groups is 1. The Labute approximate surface area is 137 Å². The van der Waals surface area contributed by atoms with Crippen LogP contribution in [-0.4, -0.2) is 38.9 Å². The van der Waals surface area contributed by atoms with E-state index in [-0.39, 0.29) is 23.0 Å². The molecule has 0 aromatic carbocycles. The van der Waals surface area contributed by atoms with Gasteiger partial charge in [0.25, 0.3) is 0 Å². The van der Waals surface area contributed by atoms with E-state index in [9.17, 15) is 20.1 Å². The fourth-order valence-corrected chi connectivity index (χ4v) is 6.53. The van der Waals surface area contributed by atoms with Gasteiger partial charge in [-0.25, -0.2) is 0 Å². The van der Waals surface area contributed by atoms with Gasteiger partial charge in [0.2, 0.25) is 0 Å². The number of hydrogen-bond donors (Lipinski definition) is 3. The molecule has 0 bridgehead atoms. The summed E-state index contributed by atoms with van der Waals surface area (Å²) in [6.07, 6.45) is 5.42. The zero-order valence-electron chi connectivity index (χ0n) is 14.1. The lowest BCUT2D eigenvalue weighted by molar-refractivity contribution is -0.201. The van der Waals surface area contributed by atoms with Crippen LogP contribution in [0.4, 0.5) is 0 Å². The van der Waals surface area contributed by atoms with Crippen LogP contribution in [0.15, 0.2) is 11.6 Å². The second kappa shape index (κ2) is 4.68. The number of hydrogen-bond acceptors (Lipinski definition) is 4. The van der Waals surface area contributed by atoms with Crippen molar-refractivity contribution in [3.8, 4) is 0 Å². The van der Waals surface area contributed by atoms with Gasteiger partial charge in [-0.05, 0) is 67.4 Å². The molecule has 4 nitrogen and oxygen atoms in total. The summed E-state index contributed by atoms with van der Waals surface area (Å²) in [6, 6.07) is 0. The van der Waals surface area contributed by atoms with Crippen molar-refractivity contribution >= 4 is 5.78 Å². The summed E-state index contributed by atoms with van der Waals surface area (Å²) in [4.78, 5) is 11.8. The third kappa shape index (κ3) is 1.80. The summed E-state index contributed by atoms with van der Waals surface area (Å²) in [5.74, 6) is 0.406. The van der Waals surface area contributed by atoms with E-state index in [1.54, 1.807) is 6.08 Å². The molecule has 128 valence electrons. The Morgan fingerprint density at radius 2 is 1.83 bits per heavy atom. The molecule has 3 N–H and O–H groups in total. The summed E-state index contributed by atoms with van der Waals surface area (Å²) >= 11 is 0. The molecule has 4 aliphatic carbocycles. The van der Waals surface area contributed by atoms with Gasteiger partial charge in [0.1, 0.15) is 0 Å². The maximum absolute atomic E-state index is 11.8. The lowest BCUT2D eigenvalue weighted by atomic mass is 9.45. The normalized spacial score (nSPS) is 55.7. The van der Waals surface area contributed by atoms with Crippen molar-refractivity contribution in [2.45, 2.75) is 76.6 Å². The van der Waals surface area contributed by atoms with Crippen molar-refractivity contribution in [1.82, 2.24) is 0 Å². The highest BCUT2D eigenvalue weighted by atomic mass is 16.3. The van der Waals surface area contributed by atoms with E-state index in [1.807, 2.05) is 6.92 Å². The Hall–Kier alpha value is -0.710. The van der Waals surface area contributed by atoms with Crippen molar-refractivity contribution in [3.05, 3.63) is 11.6 Å². The Bertz CT molecular complexity index is 584. The Kier molecular flexibility index (Phi) is 3.21. The van der Waals surface area contributed by atoms with Crippen LogP contribution in [0.3, 0.4) is 0 Å². The van der Waals surface area contributed by atoms with E-state index in [2.05, 4.69) is 6.92 Å². The molecule has 4 rings (SSSR count). The van der Waals surface area contributed by atoms with E-state index >= 15 is 0 Å². The first-order valence-corrected chi connectivity index (χ1v) is 9.06. The standard InChI is InChI=1S/C19H28O4/c1-17-6-3-11(20)9-14(17)15(21)10-13-12(17)4-7-18(2)16(22)5-8-19(13,18)23/h9,12-13,15-16,21-23H,3-8,10H2,1-2H3/t12-,13-,15?,16?,17-,18-,19-/m1/s1. The monoisotopic (exact) mass is 320 g/mol. The maximum atomic E-state index is 11.8. The second-order valence-corrected chi connectivity index (χ2v) is 8.88. The number of aliphatic hydroxyl groups is 3. The summed E-state index contributed by atoms with van der Waals surface area (Å²) in [5, 5.41) is 32.7. The molecule has 4 aliphatic rings. The molecule has 0 radical (unpaired) electrons. The predicted molar refractivity (Wildman–Crippen MR) is 85.6 cm³/mol. The summed E-state index contributed by atoms with van der Waals surface area (Å²) < 4.78 is 0. The van der Waals surface area contributed by atoms with Crippen LogP contribution in [0.25, 0.3) is 0 Å². The van der Waals surface area contributed by atoms with Crippen LogP contribution in [0.2, 0.25) is 0 Å². The SMILES string of the molecule is C[C@]12CCC(=O)C=C1C(O)C[C@@H]1[C@H]2CC[C@]2(C)C(O)CC[C@@]12O. The Morgan fingerprint density at radius 1 is 1.09 bits per heavy atom. The Balaban J connectivity index is 1.78. The molecule has 23 heavy (non-hydrogen) atoms. The number of aliphatic hydroxyl groups excluding tert-OH is 2. The molecule has 0 aromatic rings. The first-order chi connectivity index (χ1) is 10.7. The number of carbonyl (C=O) groups excluding carboxylic acids is 1. The van der Waals surface area contributed by atoms with Crippen molar-refractivity contribution in [2.75, 3.05) is 0 Å². The maximum Gasteiger partial charge on any atom is 0.155 e. The van der Waals surface area contributed by atoms with Gasteiger partial charge in [-0.2, -0.15) is 0 Å². The highest BCUT2D eigenvalue weighted by molar-refractivity contribution is 5.91. The van der Waals surface area contributed by atoms with E-state index in [0.717, 1.165) is 24.8 Å². The molecule has 0 amide bonds. The van der Waals surface area contributed by atoms with Gasteiger partial charge in [-0.3, -0.25) is 4.79 Å². The van der Waals surface area contributed by atoms with Gasteiger partial charge in [-0.1, -0.05) is 13.8 Å². The smallest absolute Gasteiger partial charge is 0.155 e. The number of ketones is 1. The van der Waals surface area contributed by atoms with Crippen molar-refractivity contribution < 1.29 is 20.1 Å². The lowest BCUT2D eigenvalue weighted by Crippen LogP contribution is -2.63. The zero-order valence-corrected chi connectivity index (χ0v) is 14.1. The molecule has 0 spiro atoms. The van der Waals surface area contributed by atoms with Gasteiger partial charge in [0.15, 0.2) is 5.78 Å². The fraction of sp³-hybridized carbons (Fsp3) is 0.842. The molecule has 0 aliphatic heterocycles. The lowest BCUT2D eigenvalue weighted by Gasteiger charge is -2.61. The quantitative estimate of drug-likeness (QED) is 0.638. The van der Waals surface area contributed by atoms with Gasteiger partial charge >= 0.3 is 0 Å². The molecule has 0 saturated heterocycles. The van der Waals surface area contributed by atoms with Crippen LogP contribution >= 0.6 is 0 Å². The van der Waals surface area contributed by atoms with Gasteiger partial charge in [-0.15, -0.1) is 0 Å². The van der Waals surface area contributed by atoms with Crippen molar-refractivity contribution in [1.29, 1.82) is 0 Å². The van der Waals surface area contributed by atoms with Gasteiger partial charge in [0, 0.05) is 11.8 Å². The topological polar surface area (TPSA) is 77.8 Å². The molecule has 0 aromatic heterocycles. The molecule has 2 unspecified atom stereocenters. The average Bonchev–Trinajstić information content (AvgIpc) is 2.74. The first kappa shape index (κ1) is 15.8. The fourth-order valence-electron chi connectivity index (χ4n) is 6.53. The molecule has 0 heterocycles. The summed E-state index contributed by atoms with van der Waals surface area (Å²) in [7, 11) is 0. The Morgan fingerprint density at radius 3 is 2.57 bits per heavy atom. The van der Waals surface area contributed by atoms with Crippen molar-refractivity contribution in [3.63, 3.8) is 0 Å². The average molecular weight is 320 g/mol. The second-order valence-electron chi connectivity index (χ2n) is 8.88. The molecule has 4 heteroatoms. The predicted octanol–water partition coefficient (Wildman–Crippen LogP) is 1.96. The zero-order chi connectivity index (χ0) is 16.6. The molecular formula is C19H28O4. The minimum absolute atomic E-state index is 0.00347. The molecular weight excluding hydrogens is 292 g/mol. The molecule has 3 saturated carbocycles. The first-order valence-electron chi connectivity index (χ1n) is 9.06. The van der Waals surface area contributed by atoms with Crippen LogP contribution in [0.1, 0.15) is 58.8 Å². The summed E-state index contributed by atoms with van der Waals surface area (Å²) in [6.45, 7) is 4.19. The third-order valence-corrected chi connectivity index (χ3v) is 8.12. The van der Waals surface area contributed by atoms with E-state index in [1.165, 1.54) is 0 Å². The van der Waals surface area contributed by atoms with E-state index in [4.69, 9.17) is 0 Å². The highest BCUT2D eigenvalue weighted by Gasteiger charge is 2.67. The van der Waals surface area contributed by atoms with Gasteiger partial charge < -0.3 is 15.3 Å². The van der Waals surface area contributed by atoms with Crippen LogP contribution in [0, 0.1) is 22.7 Å². The largest absolute Gasteiger partial charge is 0.392 e. The summed E-state index contributed by atoms with van der Waals surface area (Å²) in [5.41, 5.74) is -0.663. The van der Waals surface area contributed by atoms with Crippen LogP contribution in [-0.2, 0) is 4.79 Å². The molecule has 7 atom stereocenters. The van der Waals surface area contributed by atoms with E-state index < -0.39 is 23.2 Å². The molecule has 3 fully saturated rings. The van der Waals surface area contributed by atoms with E-state index in [0.29, 0.717) is 25.7 Å². The minimum atomic E-state index is -0.897. The number of fused-ring (bicyclic) bond motifs is 5. The third-order valence-electron chi connectivity index (χ3n) is 8.12. The van der Waals surface area contributed by atoms with Crippen LogP contribution in [0.5, 0.6) is 0 Å². The number of rotatable bonds is 0. The van der Waals surface area contributed by atoms with Gasteiger partial charge in [0.05, 0.1) is 17.8 Å². The minimum Gasteiger partial charge on any atom is -0.392 e.